The van der Waals surface area contributed by atoms with Gasteiger partial charge in [-0.3, -0.25) is 4.79 Å². The second-order valence-corrected chi connectivity index (χ2v) is 5.27. The number of nitrogens with zero attached hydrogens (tertiary/aromatic N) is 1. The van der Waals surface area contributed by atoms with Crippen molar-refractivity contribution in [1.82, 2.24) is 15.6 Å². The van der Waals surface area contributed by atoms with Crippen molar-refractivity contribution in [2.75, 3.05) is 13.1 Å². The lowest BCUT2D eigenvalue weighted by Gasteiger charge is -2.10. The molecule has 23 heavy (non-hydrogen) atoms. The molecule has 0 aliphatic carbocycles. The van der Waals surface area contributed by atoms with Crippen LogP contribution in [0.2, 0.25) is 0 Å². The number of hydrogen-bond acceptors (Lipinski definition) is 5. The highest BCUT2D eigenvalue weighted by Gasteiger charge is 2.18. The molecule has 0 spiro atoms. The Morgan fingerprint density at radius 1 is 1.48 bits per heavy atom. The SMILES string of the molecule is Cc1oc(-c2ccco2)nc1CC(=O)NCC1CCCN1.Cl.Cl. The van der Waals surface area contributed by atoms with Crippen molar-refractivity contribution >= 4 is 30.7 Å². The Labute approximate surface area is 147 Å². The van der Waals surface area contributed by atoms with Gasteiger partial charge in [0, 0.05) is 12.6 Å². The van der Waals surface area contributed by atoms with Gasteiger partial charge in [0.2, 0.25) is 5.91 Å². The molecule has 0 aromatic carbocycles. The number of nitrogens with one attached hydrogen (secondary N) is 2. The molecule has 1 fully saturated rings. The summed E-state index contributed by atoms with van der Waals surface area (Å²) < 4.78 is 10.8. The van der Waals surface area contributed by atoms with Gasteiger partial charge in [-0.05, 0) is 38.4 Å². The third kappa shape index (κ3) is 4.99. The van der Waals surface area contributed by atoms with E-state index in [1.807, 2.05) is 0 Å². The highest BCUT2D eigenvalue weighted by atomic mass is 35.5. The largest absolute Gasteiger partial charge is 0.459 e. The van der Waals surface area contributed by atoms with Crippen molar-refractivity contribution in [3.05, 3.63) is 29.9 Å². The quantitative estimate of drug-likeness (QED) is 0.854. The zero-order chi connectivity index (χ0) is 14.7. The Balaban J connectivity index is 0.00000132. The van der Waals surface area contributed by atoms with Crippen molar-refractivity contribution in [2.24, 2.45) is 0 Å². The summed E-state index contributed by atoms with van der Waals surface area (Å²) in [5.74, 6) is 1.60. The van der Waals surface area contributed by atoms with Crippen LogP contribution >= 0.6 is 24.8 Å². The van der Waals surface area contributed by atoms with E-state index in [4.69, 9.17) is 8.83 Å². The Bertz CT molecular complexity index is 608. The van der Waals surface area contributed by atoms with Gasteiger partial charge in [0.25, 0.3) is 5.89 Å². The fourth-order valence-electron chi connectivity index (χ4n) is 2.48. The molecule has 0 saturated carbocycles. The maximum absolute atomic E-state index is 12.0. The number of aromatic nitrogens is 1. The first-order chi connectivity index (χ1) is 10.2. The summed E-state index contributed by atoms with van der Waals surface area (Å²) >= 11 is 0. The minimum atomic E-state index is -0.0360. The van der Waals surface area contributed by atoms with Gasteiger partial charge in [-0.2, -0.15) is 0 Å². The lowest BCUT2D eigenvalue weighted by molar-refractivity contribution is -0.120. The average Bonchev–Trinajstić information content (AvgIpc) is 3.18. The van der Waals surface area contributed by atoms with E-state index in [2.05, 4.69) is 15.6 Å². The number of oxazole rings is 1. The summed E-state index contributed by atoms with van der Waals surface area (Å²) in [6, 6.07) is 3.95. The van der Waals surface area contributed by atoms with Gasteiger partial charge in [0.1, 0.15) is 5.76 Å². The first kappa shape index (κ1) is 19.5. The second kappa shape index (κ2) is 8.96. The Morgan fingerprint density at radius 3 is 2.96 bits per heavy atom. The van der Waals surface area contributed by atoms with Crippen molar-refractivity contribution < 1.29 is 13.6 Å². The maximum Gasteiger partial charge on any atom is 0.263 e. The van der Waals surface area contributed by atoms with E-state index in [9.17, 15) is 4.79 Å². The van der Waals surface area contributed by atoms with Gasteiger partial charge in [-0.1, -0.05) is 0 Å². The summed E-state index contributed by atoms with van der Waals surface area (Å²) in [6.45, 7) is 3.51. The molecule has 1 unspecified atom stereocenters. The van der Waals surface area contributed by atoms with Gasteiger partial charge >= 0.3 is 0 Å². The van der Waals surface area contributed by atoms with Crippen LogP contribution in [-0.2, 0) is 11.2 Å². The highest BCUT2D eigenvalue weighted by molar-refractivity contribution is 5.85. The number of halogens is 2. The molecule has 2 aromatic heterocycles. The number of carbonyl (C=O) groups is 1. The molecule has 0 bridgehead atoms. The molecule has 0 radical (unpaired) electrons. The van der Waals surface area contributed by atoms with E-state index in [1.165, 1.54) is 6.42 Å². The number of carbonyl (C=O) groups excluding carboxylic acids is 1. The standard InChI is InChI=1S/C15H19N3O3.2ClH/c1-10-12(18-15(21-10)13-5-3-7-20-13)8-14(19)17-9-11-4-2-6-16-11;;/h3,5,7,11,16H,2,4,6,8-9H2,1H3,(H,17,19);2*1H. The van der Waals surface area contributed by atoms with Crippen molar-refractivity contribution in [3.8, 4) is 11.7 Å². The fourth-order valence-corrected chi connectivity index (χ4v) is 2.48. The summed E-state index contributed by atoms with van der Waals surface area (Å²) in [4.78, 5) is 16.3. The number of amides is 1. The monoisotopic (exact) mass is 361 g/mol. The van der Waals surface area contributed by atoms with Gasteiger partial charge in [-0.15, -0.1) is 24.8 Å². The topological polar surface area (TPSA) is 80.3 Å². The summed E-state index contributed by atoms with van der Waals surface area (Å²) in [6.07, 6.45) is 4.08. The molecular weight excluding hydrogens is 341 g/mol. The molecule has 1 amide bonds. The minimum absolute atomic E-state index is 0. The third-order valence-corrected chi connectivity index (χ3v) is 3.66. The molecule has 6 nitrogen and oxygen atoms in total. The molecule has 1 aliphatic rings. The summed E-state index contributed by atoms with van der Waals surface area (Å²) in [5.41, 5.74) is 0.651. The third-order valence-electron chi connectivity index (χ3n) is 3.66. The van der Waals surface area contributed by atoms with Crippen LogP contribution in [0.4, 0.5) is 0 Å². The molecule has 1 atom stereocenters. The minimum Gasteiger partial charge on any atom is -0.459 e. The lowest BCUT2D eigenvalue weighted by atomic mass is 10.2. The predicted molar refractivity (Wildman–Crippen MR) is 91.2 cm³/mol. The van der Waals surface area contributed by atoms with Crippen LogP contribution in [0.3, 0.4) is 0 Å². The second-order valence-electron chi connectivity index (χ2n) is 5.27. The normalized spacial score (nSPS) is 16.5. The molecule has 1 saturated heterocycles. The van der Waals surface area contributed by atoms with E-state index >= 15 is 0 Å². The van der Waals surface area contributed by atoms with Crippen LogP contribution in [-0.4, -0.2) is 30.0 Å². The number of aryl methyl sites for hydroxylation is 1. The Morgan fingerprint density at radius 2 is 2.30 bits per heavy atom. The van der Waals surface area contributed by atoms with Crippen LogP contribution in [0.25, 0.3) is 11.7 Å². The van der Waals surface area contributed by atoms with E-state index < -0.39 is 0 Å². The van der Waals surface area contributed by atoms with E-state index in [0.29, 0.717) is 35.7 Å². The van der Waals surface area contributed by atoms with Gasteiger partial charge < -0.3 is 19.5 Å². The van der Waals surface area contributed by atoms with Gasteiger partial charge in [-0.25, -0.2) is 4.98 Å². The Kier molecular flexibility index (Phi) is 7.61. The summed E-state index contributed by atoms with van der Waals surface area (Å²) in [7, 11) is 0. The fraction of sp³-hybridized carbons (Fsp3) is 0.467. The van der Waals surface area contributed by atoms with Crippen LogP contribution in [0.1, 0.15) is 24.3 Å². The molecule has 2 N–H and O–H groups in total. The number of rotatable bonds is 5. The van der Waals surface area contributed by atoms with Gasteiger partial charge in [0.15, 0.2) is 5.76 Å². The van der Waals surface area contributed by atoms with Crippen LogP contribution in [0.5, 0.6) is 0 Å². The smallest absolute Gasteiger partial charge is 0.263 e. The molecular formula is C15H21Cl2N3O3. The molecule has 128 valence electrons. The maximum atomic E-state index is 12.0. The van der Waals surface area contributed by atoms with Crippen LogP contribution in [0, 0.1) is 6.92 Å². The number of furan rings is 1. The average molecular weight is 362 g/mol. The highest BCUT2D eigenvalue weighted by Crippen LogP contribution is 2.22. The first-order valence-corrected chi connectivity index (χ1v) is 7.22. The molecule has 3 heterocycles. The van der Waals surface area contributed by atoms with Crippen LogP contribution < -0.4 is 10.6 Å². The Hall–Kier alpha value is -1.50. The van der Waals surface area contributed by atoms with Crippen molar-refractivity contribution in [2.45, 2.75) is 32.2 Å². The van der Waals surface area contributed by atoms with Crippen molar-refractivity contribution in [1.29, 1.82) is 0 Å². The predicted octanol–water partition coefficient (Wildman–Crippen LogP) is 2.50. The first-order valence-electron chi connectivity index (χ1n) is 7.22. The zero-order valence-corrected chi connectivity index (χ0v) is 14.5. The van der Waals surface area contributed by atoms with E-state index in [-0.39, 0.29) is 37.1 Å². The summed E-state index contributed by atoms with van der Waals surface area (Å²) in [5, 5.41) is 6.29. The molecule has 3 rings (SSSR count). The molecule has 2 aromatic rings. The number of hydrogen-bond donors (Lipinski definition) is 2. The van der Waals surface area contributed by atoms with Crippen molar-refractivity contribution in [3.63, 3.8) is 0 Å². The van der Waals surface area contributed by atoms with E-state index in [1.54, 1.807) is 25.3 Å². The van der Waals surface area contributed by atoms with Gasteiger partial charge in [0.05, 0.1) is 18.4 Å². The molecule has 8 heteroatoms. The zero-order valence-electron chi connectivity index (χ0n) is 12.8. The molecule has 1 aliphatic heterocycles. The lowest BCUT2D eigenvalue weighted by Crippen LogP contribution is -2.37. The van der Waals surface area contributed by atoms with Crippen LogP contribution in [0.15, 0.2) is 27.2 Å². The van der Waals surface area contributed by atoms with E-state index in [0.717, 1.165) is 13.0 Å².